The largest absolute Gasteiger partial charge is 0.483 e. The van der Waals surface area contributed by atoms with Crippen LogP contribution in [0.2, 0.25) is 0 Å². The van der Waals surface area contributed by atoms with E-state index in [9.17, 15) is 4.79 Å². The van der Waals surface area contributed by atoms with Crippen LogP contribution in [0.5, 0.6) is 5.75 Å². The summed E-state index contributed by atoms with van der Waals surface area (Å²) in [5.41, 5.74) is 5.55. The van der Waals surface area contributed by atoms with Gasteiger partial charge in [-0.25, -0.2) is 5.43 Å². The first-order valence-corrected chi connectivity index (χ1v) is 8.56. The number of nitrogens with one attached hydrogen (secondary N) is 1. The lowest BCUT2D eigenvalue weighted by molar-refractivity contribution is -0.123. The molecule has 2 rings (SSSR count). The minimum absolute atomic E-state index is 0.0737. The number of hydrogen-bond donors (Lipinski definition) is 1. The number of rotatable bonds is 6. The molecule has 0 aliphatic heterocycles. The highest BCUT2D eigenvalue weighted by atomic mass is 79.9. The van der Waals surface area contributed by atoms with Crippen molar-refractivity contribution < 1.29 is 9.53 Å². The minimum atomic E-state index is -0.298. The van der Waals surface area contributed by atoms with Crippen LogP contribution in [0.3, 0.4) is 0 Å². The SMILES string of the molecule is Cc1ccc(C(C)C)cc1OCC(=O)NN=Cc1ccccc1Br. The van der Waals surface area contributed by atoms with Gasteiger partial charge in [0.2, 0.25) is 0 Å². The molecule has 2 aromatic rings. The number of aryl methyl sites for hydroxylation is 1. The van der Waals surface area contributed by atoms with Gasteiger partial charge < -0.3 is 4.74 Å². The second kappa shape index (κ2) is 8.64. The fourth-order valence-electron chi connectivity index (χ4n) is 2.06. The lowest BCUT2D eigenvalue weighted by Gasteiger charge is -2.12. The van der Waals surface area contributed by atoms with E-state index in [0.29, 0.717) is 5.92 Å². The third-order valence-electron chi connectivity index (χ3n) is 3.54. The molecule has 0 aliphatic rings. The number of hydrogen-bond acceptors (Lipinski definition) is 3. The Labute approximate surface area is 151 Å². The van der Waals surface area contributed by atoms with Crippen LogP contribution >= 0.6 is 15.9 Å². The number of carbonyl (C=O) groups is 1. The van der Waals surface area contributed by atoms with Crippen molar-refractivity contribution in [1.29, 1.82) is 0 Å². The Hall–Kier alpha value is -2.14. The maximum Gasteiger partial charge on any atom is 0.277 e. The van der Waals surface area contributed by atoms with Gasteiger partial charge in [-0.2, -0.15) is 5.10 Å². The Balaban J connectivity index is 1.90. The number of carbonyl (C=O) groups excluding carboxylic acids is 1. The smallest absolute Gasteiger partial charge is 0.277 e. The van der Waals surface area contributed by atoms with Crippen LogP contribution in [0.25, 0.3) is 0 Å². The molecular weight excluding hydrogens is 368 g/mol. The molecule has 1 N–H and O–H groups in total. The summed E-state index contributed by atoms with van der Waals surface area (Å²) in [6.07, 6.45) is 1.59. The van der Waals surface area contributed by atoms with Gasteiger partial charge in [-0.05, 0) is 36.1 Å². The van der Waals surface area contributed by atoms with E-state index in [0.717, 1.165) is 21.3 Å². The highest BCUT2D eigenvalue weighted by Gasteiger charge is 2.07. The van der Waals surface area contributed by atoms with Crippen LogP contribution in [0.4, 0.5) is 0 Å². The predicted octanol–water partition coefficient (Wildman–Crippen LogP) is 4.41. The maximum atomic E-state index is 11.9. The Morgan fingerprint density at radius 3 is 2.75 bits per heavy atom. The van der Waals surface area contributed by atoms with Crippen molar-refractivity contribution in [3.05, 3.63) is 63.6 Å². The van der Waals surface area contributed by atoms with E-state index in [-0.39, 0.29) is 12.5 Å². The Bertz CT molecular complexity index is 742. The first-order valence-electron chi connectivity index (χ1n) is 7.77. The summed E-state index contributed by atoms with van der Waals surface area (Å²) < 4.78 is 6.54. The number of halogens is 1. The number of benzene rings is 2. The normalized spacial score (nSPS) is 11.0. The van der Waals surface area contributed by atoms with E-state index in [4.69, 9.17) is 4.74 Å². The van der Waals surface area contributed by atoms with Gasteiger partial charge in [-0.15, -0.1) is 0 Å². The topological polar surface area (TPSA) is 50.7 Å². The van der Waals surface area contributed by atoms with Crippen molar-refractivity contribution in [2.75, 3.05) is 6.61 Å². The van der Waals surface area contributed by atoms with Crippen molar-refractivity contribution in [3.8, 4) is 5.75 Å². The second-order valence-corrected chi connectivity index (χ2v) is 6.64. The van der Waals surface area contributed by atoms with Gasteiger partial charge >= 0.3 is 0 Å². The summed E-state index contributed by atoms with van der Waals surface area (Å²) in [5.74, 6) is 0.842. The molecule has 0 unspecified atom stereocenters. The molecule has 126 valence electrons. The fourth-order valence-corrected chi connectivity index (χ4v) is 2.45. The lowest BCUT2D eigenvalue weighted by Crippen LogP contribution is -2.24. The fraction of sp³-hybridized carbons (Fsp3) is 0.263. The zero-order valence-corrected chi connectivity index (χ0v) is 15.6. The minimum Gasteiger partial charge on any atom is -0.483 e. The molecule has 0 atom stereocenters. The Kier molecular flexibility index (Phi) is 6.55. The van der Waals surface area contributed by atoms with E-state index in [1.807, 2.05) is 43.3 Å². The molecule has 0 saturated heterocycles. The number of amides is 1. The van der Waals surface area contributed by atoms with Crippen LogP contribution in [0.1, 0.15) is 36.5 Å². The van der Waals surface area contributed by atoms with Crippen LogP contribution in [-0.4, -0.2) is 18.7 Å². The number of ether oxygens (including phenoxy) is 1. The van der Waals surface area contributed by atoms with Gasteiger partial charge in [0.05, 0.1) is 6.21 Å². The highest BCUT2D eigenvalue weighted by molar-refractivity contribution is 9.10. The van der Waals surface area contributed by atoms with E-state index >= 15 is 0 Å². The van der Waals surface area contributed by atoms with Crippen molar-refractivity contribution in [2.45, 2.75) is 26.7 Å². The lowest BCUT2D eigenvalue weighted by atomic mass is 10.0. The first-order chi connectivity index (χ1) is 11.5. The van der Waals surface area contributed by atoms with Gasteiger partial charge in [-0.3, -0.25) is 4.79 Å². The molecule has 0 spiro atoms. The molecule has 0 aromatic heterocycles. The molecule has 0 aliphatic carbocycles. The molecule has 1 amide bonds. The molecule has 0 saturated carbocycles. The summed E-state index contributed by atoms with van der Waals surface area (Å²) in [7, 11) is 0. The third-order valence-corrected chi connectivity index (χ3v) is 4.26. The van der Waals surface area contributed by atoms with Gasteiger partial charge in [-0.1, -0.05) is 60.1 Å². The van der Waals surface area contributed by atoms with Gasteiger partial charge in [0.25, 0.3) is 5.91 Å². The van der Waals surface area contributed by atoms with Gasteiger partial charge in [0.15, 0.2) is 6.61 Å². The molecule has 0 bridgehead atoms. The van der Waals surface area contributed by atoms with E-state index < -0.39 is 0 Å². The van der Waals surface area contributed by atoms with Crippen molar-refractivity contribution >= 4 is 28.1 Å². The van der Waals surface area contributed by atoms with Gasteiger partial charge in [0.1, 0.15) is 5.75 Å². The summed E-state index contributed by atoms with van der Waals surface area (Å²) in [6.45, 7) is 6.13. The van der Waals surface area contributed by atoms with E-state index in [1.165, 1.54) is 5.56 Å². The maximum absolute atomic E-state index is 11.9. The van der Waals surface area contributed by atoms with E-state index in [2.05, 4.69) is 46.4 Å². The van der Waals surface area contributed by atoms with Crippen molar-refractivity contribution in [2.24, 2.45) is 5.10 Å². The highest BCUT2D eigenvalue weighted by Crippen LogP contribution is 2.24. The average Bonchev–Trinajstić information content (AvgIpc) is 2.55. The summed E-state index contributed by atoms with van der Waals surface area (Å²) in [5, 5.41) is 3.95. The average molecular weight is 389 g/mol. The van der Waals surface area contributed by atoms with Crippen LogP contribution in [0.15, 0.2) is 52.0 Å². The Morgan fingerprint density at radius 2 is 2.04 bits per heavy atom. The number of hydrazone groups is 1. The number of nitrogens with zero attached hydrogens (tertiary/aromatic N) is 1. The molecule has 0 heterocycles. The van der Waals surface area contributed by atoms with E-state index in [1.54, 1.807) is 6.21 Å². The standard InChI is InChI=1S/C19H21BrN2O2/c1-13(2)15-9-8-14(3)18(10-15)24-12-19(23)22-21-11-16-6-4-5-7-17(16)20/h4-11,13H,12H2,1-3H3,(H,22,23). The Morgan fingerprint density at radius 1 is 1.29 bits per heavy atom. The second-order valence-electron chi connectivity index (χ2n) is 5.78. The van der Waals surface area contributed by atoms with Crippen molar-refractivity contribution in [3.63, 3.8) is 0 Å². The van der Waals surface area contributed by atoms with Gasteiger partial charge in [0, 0.05) is 10.0 Å². The van der Waals surface area contributed by atoms with Crippen LogP contribution < -0.4 is 10.2 Å². The van der Waals surface area contributed by atoms with Crippen molar-refractivity contribution in [1.82, 2.24) is 5.43 Å². The summed E-state index contributed by atoms with van der Waals surface area (Å²) in [4.78, 5) is 11.9. The molecule has 5 heteroatoms. The third kappa shape index (κ3) is 5.20. The van der Waals surface area contributed by atoms with Crippen LogP contribution in [-0.2, 0) is 4.79 Å². The molecule has 24 heavy (non-hydrogen) atoms. The predicted molar refractivity (Wildman–Crippen MR) is 101 cm³/mol. The molecular formula is C19H21BrN2O2. The molecule has 4 nitrogen and oxygen atoms in total. The zero-order chi connectivity index (χ0) is 17.5. The van der Waals surface area contributed by atoms with Crippen LogP contribution in [0, 0.1) is 6.92 Å². The monoisotopic (exact) mass is 388 g/mol. The quantitative estimate of drug-likeness (QED) is 0.588. The molecule has 0 radical (unpaired) electrons. The molecule has 0 fully saturated rings. The summed E-state index contributed by atoms with van der Waals surface area (Å²) >= 11 is 3.42. The zero-order valence-electron chi connectivity index (χ0n) is 14.0. The molecule has 2 aromatic carbocycles. The first kappa shape index (κ1) is 18.2. The summed E-state index contributed by atoms with van der Waals surface area (Å²) in [6, 6.07) is 13.7.